The molecule has 19 heavy (non-hydrogen) atoms. The zero-order valence-electron chi connectivity index (χ0n) is 12.6. The van der Waals surface area contributed by atoms with Crippen molar-refractivity contribution in [2.24, 2.45) is 11.8 Å². The van der Waals surface area contributed by atoms with Crippen LogP contribution in [0.5, 0.6) is 0 Å². The van der Waals surface area contributed by atoms with Crippen molar-refractivity contribution in [1.29, 1.82) is 0 Å². The largest absolute Gasteiger partial charge is 0.389 e. The third kappa shape index (κ3) is 5.05. The van der Waals surface area contributed by atoms with Gasteiger partial charge in [0.1, 0.15) is 0 Å². The molecule has 0 aliphatic heterocycles. The van der Waals surface area contributed by atoms with Crippen LogP contribution in [0.4, 0.5) is 0 Å². The zero-order chi connectivity index (χ0) is 13.7. The lowest BCUT2D eigenvalue weighted by atomic mass is 9.88. The summed E-state index contributed by atoms with van der Waals surface area (Å²) in [4.78, 5) is 0. The average molecular weight is 269 g/mol. The van der Waals surface area contributed by atoms with E-state index < -0.39 is 0 Å². The van der Waals surface area contributed by atoms with E-state index in [0.717, 1.165) is 5.92 Å². The molecular formula is C16H31NO2. The Hall–Kier alpha value is -0.120. The number of hydrogen-bond donors (Lipinski definition) is 2. The summed E-state index contributed by atoms with van der Waals surface area (Å²) in [5.74, 6) is 1.52. The SMILES string of the molecule is CCCC1CC1NCC(O)COC1CCCCC1C. The highest BCUT2D eigenvalue weighted by atomic mass is 16.5. The van der Waals surface area contributed by atoms with Crippen molar-refractivity contribution in [2.45, 2.75) is 77.0 Å². The summed E-state index contributed by atoms with van der Waals surface area (Å²) >= 11 is 0. The Morgan fingerprint density at radius 1 is 1.32 bits per heavy atom. The van der Waals surface area contributed by atoms with Gasteiger partial charge in [-0.2, -0.15) is 0 Å². The van der Waals surface area contributed by atoms with Crippen molar-refractivity contribution in [2.75, 3.05) is 13.2 Å². The lowest BCUT2D eigenvalue weighted by molar-refractivity contribution is -0.0452. The lowest BCUT2D eigenvalue weighted by Gasteiger charge is -2.29. The number of ether oxygens (including phenoxy) is 1. The van der Waals surface area contributed by atoms with E-state index in [1.807, 2.05) is 0 Å². The van der Waals surface area contributed by atoms with Crippen molar-refractivity contribution >= 4 is 0 Å². The van der Waals surface area contributed by atoms with Gasteiger partial charge < -0.3 is 15.2 Å². The monoisotopic (exact) mass is 269 g/mol. The quantitative estimate of drug-likeness (QED) is 0.712. The first-order chi connectivity index (χ1) is 9.20. The molecule has 0 aromatic carbocycles. The van der Waals surface area contributed by atoms with Gasteiger partial charge in [0.05, 0.1) is 18.8 Å². The predicted octanol–water partition coefficient (Wildman–Crippen LogP) is 2.72. The molecule has 3 heteroatoms. The number of hydrogen-bond acceptors (Lipinski definition) is 3. The average Bonchev–Trinajstić information content (AvgIpc) is 3.14. The summed E-state index contributed by atoms with van der Waals surface area (Å²) in [6.07, 6.45) is 8.98. The van der Waals surface area contributed by atoms with Crippen LogP contribution in [-0.2, 0) is 4.74 Å². The van der Waals surface area contributed by atoms with Gasteiger partial charge >= 0.3 is 0 Å². The second-order valence-electron chi connectivity index (χ2n) is 6.59. The Bertz CT molecular complexity index is 259. The maximum atomic E-state index is 9.97. The molecule has 0 radical (unpaired) electrons. The van der Waals surface area contributed by atoms with Gasteiger partial charge in [-0.3, -0.25) is 0 Å². The highest BCUT2D eigenvalue weighted by Crippen LogP contribution is 2.34. The number of rotatable bonds is 8. The van der Waals surface area contributed by atoms with E-state index in [9.17, 15) is 5.11 Å². The second-order valence-corrected chi connectivity index (χ2v) is 6.59. The first kappa shape index (κ1) is 15.3. The normalized spacial score (nSPS) is 36.2. The van der Waals surface area contributed by atoms with Gasteiger partial charge in [0, 0.05) is 12.6 Å². The highest BCUT2D eigenvalue weighted by Gasteiger charge is 2.35. The van der Waals surface area contributed by atoms with Gasteiger partial charge in [-0.05, 0) is 37.5 Å². The molecule has 0 saturated heterocycles. The van der Waals surface area contributed by atoms with E-state index in [2.05, 4.69) is 19.2 Å². The van der Waals surface area contributed by atoms with Crippen molar-refractivity contribution in [3.05, 3.63) is 0 Å². The Labute approximate surface area is 118 Å². The van der Waals surface area contributed by atoms with E-state index in [4.69, 9.17) is 4.74 Å². The first-order valence-electron chi connectivity index (χ1n) is 8.23. The molecular weight excluding hydrogens is 238 g/mol. The van der Waals surface area contributed by atoms with E-state index in [-0.39, 0.29) is 6.10 Å². The summed E-state index contributed by atoms with van der Waals surface area (Å²) in [6, 6.07) is 0.656. The van der Waals surface area contributed by atoms with E-state index in [1.54, 1.807) is 0 Å². The Morgan fingerprint density at radius 2 is 2.11 bits per heavy atom. The van der Waals surface area contributed by atoms with Gasteiger partial charge in [0.2, 0.25) is 0 Å². The predicted molar refractivity (Wildman–Crippen MR) is 78.2 cm³/mol. The third-order valence-corrected chi connectivity index (χ3v) is 4.73. The standard InChI is InChI=1S/C16H31NO2/c1-3-6-13-9-15(13)17-10-14(18)11-19-16-8-5-4-7-12(16)2/h12-18H,3-11H2,1-2H3. The molecule has 0 aromatic heterocycles. The first-order valence-corrected chi connectivity index (χ1v) is 8.23. The fourth-order valence-electron chi connectivity index (χ4n) is 3.30. The van der Waals surface area contributed by atoms with Crippen molar-refractivity contribution in [3.8, 4) is 0 Å². The summed E-state index contributed by atoms with van der Waals surface area (Å²) < 4.78 is 5.89. The maximum Gasteiger partial charge on any atom is 0.0897 e. The molecule has 0 heterocycles. The van der Waals surface area contributed by atoms with Crippen LogP contribution in [0.2, 0.25) is 0 Å². The molecule has 5 unspecified atom stereocenters. The summed E-state index contributed by atoms with van der Waals surface area (Å²) in [5, 5.41) is 13.4. The van der Waals surface area contributed by atoms with Gasteiger partial charge in [0.15, 0.2) is 0 Å². The zero-order valence-corrected chi connectivity index (χ0v) is 12.6. The Balaban J connectivity index is 1.53. The molecule has 0 amide bonds. The fourth-order valence-corrected chi connectivity index (χ4v) is 3.30. The molecule has 2 saturated carbocycles. The molecule has 2 N–H and O–H groups in total. The van der Waals surface area contributed by atoms with Gasteiger partial charge in [-0.1, -0.05) is 33.1 Å². The minimum absolute atomic E-state index is 0.350. The number of nitrogens with one attached hydrogen (secondary N) is 1. The summed E-state index contributed by atoms with van der Waals surface area (Å²) in [6.45, 7) is 5.69. The van der Waals surface area contributed by atoms with E-state index in [1.165, 1.54) is 44.9 Å². The van der Waals surface area contributed by atoms with Crippen LogP contribution in [0.3, 0.4) is 0 Å². The van der Waals surface area contributed by atoms with Gasteiger partial charge in [-0.25, -0.2) is 0 Å². The van der Waals surface area contributed by atoms with Crippen LogP contribution in [0.15, 0.2) is 0 Å². The van der Waals surface area contributed by atoms with Crippen LogP contribution >= 0.6 is 0 Å². The lowest BCUT2D eigenvalue weighted by Crippen LogP contribution is -2.35. The molecule has 5 atom stereocenters. The smallest absolute Gasteiger partial charge is 0.0897 e. The van der Waals surface area contributed by atoms with E-state index in [0.29, 0.717) is 31.2 Å². The number of aliphatic hydroxyl groups is 1. The topological polar surface area (TPSA) is 41.5 Å². The molecule has 112 valence electrons. The molecule has 0 spiro atoms. The third-order valence-electron chi connectivity index (χ3n) is 4.73. The van der Waals surface area contributed by atoms with Crippen LogP contribution < -0.4 is 5.32 Å². The molecule has 2 rings (SSSR count). The van der Waals surface area contributed by atoms with Crippen LogP contribution in [0.1, 0.15) is 58.8 Å². The van der Waals surface area contributed by atoms with Gasteiger partial charge in [0.25, 0.3) is 0 Å². The minimum atomic E-state index is -0.350. The molecule has 2 fully saturated rings. The van der Waals surface area contributed by atoms with Crippen LogP contribution in [0, 0.1) is 11.8 Å². The second kappa shape index (κ2) is 7.61. The van der Waals surface area contributed by atoms with Crippen LogP contribution in [0.25, 0.3) is 0 Å². The minimum Gasteiger partial charge on any atom is -0.389 e. The Morgan fingerprint density at radius 3 is 2.84 bits per heavy atom. The highest BCUT2D eigenvalue weighted by molar-refractivity contribution is 4.92. The molecule has 0 bridgehead atoms. The summed E-state index contributed by atoms with van der Waals surface area (Å²) in [5.41, 5.74) is 0. The van der Waals surface area contributed by atoms with Crippen LogP contribution in [-0.4, -0.2) is 36.5 Å². The molecule has 3 nitrogen and oxygen atoms in total. The van der Waals surface area contributed by atoms with Crippen molar-refractivity contribution < 1.29 is 9.84 Å². The fraction of sp³-hybridized carbons (Fsp3) is 1.00. The van der Waals surface area contributed by atoms with E-state index >= 15 is 0 Å². The van der Waals surface area contributed by atoms with Crippen molar-refractivity contribution in [1.82, 2.24) is 5.32 Å². The molecule has 0 aromatic rings. The molecule has 2 aliphatic carbocycles. The Kier molecular flexibility index (Phi) is 6.11. The summed E-state index contributed by atoms with van der Waals surface area (Å²) in [7, 11) is 0. The maximum absolute atomic E-state index is 9.97. The number of aliphatic hydroxyl groups excluding tert-OH is 1. The van der Waals surface area contributed by atoms with Gasteiger partial charge in [-0.15, -0.1) is 0 Å². The van der Waals surface area contributed by atoms with Crippen molar-refractivity contribution in [3.63, 3.8) is 0 Å². The molecule has 2 aliphatic rings.